The summed E-state index contributed by atoms with van der Waals surface area (Å²) in [6.45, 7) is 0. The molecule has 1 heterocycles. The van der Waals surface area contributed by atoms with Crippen LogP contribution >= 0.6 is 39.3 Å². The highest BCUT2D eigenvalue weighted by molar-refractivity contribution is 9.10. The summed E-state index contributed by atoms with van der Waals surface area (Å²) < 4.78 is 5.50. The average Bonchev–Trinajstić information content (AvgIpc) is 2.91. The van der Waals surface area contributed by atoms with E-state index >= 15 is 0 Å². The molecular weight excluding hydrogens is 380 g/mol. The minimum Gasteiger partial charge on any atom is -0.444 e. The zero-order chi connectivity index (χ0) is 15.2. The monoisotopic (exact) mass is 388 g/mol. The number of hydrogen-bond acceptors (Lipinski definition) is 4. The van der Waals surface area contributed by atoms with Gasteiger partial charge < -0.3 is 4.42 Å². The third-order valence-electron chi connectivity index (χ3n) is 2.30. The van der Waals surface area contributed by atoms with Crippen molar-refractivity contribution in [2.24, 2.45) is 0 Å². The van der Waals surface area contributed by atoms with Gasteiger partial charge in [-0.2, -0.15) is 0 Å². The van der Waals surface area contributed by atoms with Crippen molar-refractivity contribution >= 4 is 51.1 Å². The van der Waals surface area contributed by atoms with Crippen LogP contribution in [0.25, 0.3) is 0 Å². The lowest BCUT2D eigenvalue weighted by molar-refractivity contribution is -0.119. The molecule has 21 heavy (non-hydrogen) atoms. The Hall–Kier alpha value is -1.44. The highest BCUT2D eigenvalue weighted by atomic mass is 79.9. The number of halogens is 2. The van der Waals surface area contributed by atoms with Gasteiger partial charge in [-0.15, -0.1) is 11.8 Å². The number of rotatable bonds is 4. The molecule has 2 N–H and O–H groups in total. The van der Waals surface area contributed by atoms with Crippen LogP contribution in [0.1, 0.15) is 10.6 Å². The summed E-state index contributed by atoms with van der Waals surface area (Å²) in [6, 6.07) is 10.2. The molecule has 0 saturated heterocycles. The van der Waals surface area contributed by atoms with Gasteiger partial charge in [0.05, 0.1) is 5.75 Å². The molecule has 1 aromatic carbocycles. The number of carbonyl (C=O) groups is 2. The fourth-order valence-corrected chi connectivity index (χ4v) is 2.47. The van der Waals surface area contributed by atoms with E-state index in [4.69, 9.17) is 16.0 Å². The normalized spacial score (nSPS) is 10.2. The summed E-state index contributed by atoms with van der Waals surface area (Å²) in [5, 5.41) is 0.640. The predicted octanol–water partition coefficient (Wildman–Crippen LogP) is 3.25. The van der Waals surface area contributed by atoms with E-state index in [1.54, 1.807) is 18.2 Å². The Balaban J connectivity index is 1.74. The minimum atomic E-state index is -0.523. The number of hydrazine groups is 1. The largest absolute Gasteiger partial charge is 0.444 e. The van der Waals surface area contributed by atoms with Crippen LogP contribution in [0.3, 0.4) is 0 Å². The fraction of sp³-hybridized carbons (Fsp3) is 0.0769. The lowest BCUT2D eigenvalue weighted by atomic mass is 10.4. The van der Waals surface area contributed by atoms with Crippen molar-refractivity contribution in [1.29, 1.82) is 0 Å². The zero-order valence-corrected chi connectivity index (χ0v) is 13.7. The van der Waals surface area contributed by atoms with E-state index in [1.807, 2.05) is 12.1 Å². The molecule has 0 radical (unpaired) electrons. The second-order valence-electron chi connectivity index (χ2n) is 3.85. The minimum absolute atomic E-state index is 0.104. The summed E-state index contributed by atoms with van der Waals surface area (Å²) in [5.41, 5.74) is 4.58. The first-order chi connectivity index (χ1) is 10.0. The smallest absolute Gasteiger partial charge is 0.305 e. The molecule has 0 spiro atoms. The van der Waals surface area contributed by atoms with Gasteiger partial charge in [-0.1, -0.05) is 11.6 Å². The SMILES string of the molecule is O=C(CSc1ccc(Cl)cc1)NNC(=O)c1ccc(Br)o1. The Morgan fingerprint density at radius 2 is 1.86 bits per heavy atom. The second-order valence-corrected chi connectivity index (χ2v) is 6.12. The Kier molecular flexibility index (Phi) is 5.72. The van der Waals surface area contributed by atoms with Gasteiger partial charge in [0.25, 0.3) is 0 Å². The van der Waals surface area contributed by atoms with Gasteiger partial charge in [-0.05, 0) is 52.3 Å². The molecule has 0 bridgehead atoms. The Morgan fingerprint density at radius 3 is 2.48 bits per heavy atom. The average molecular weight is 390 g/mol. The van der Waals surface area contributed by atoms with Gasteiger partial charge in [-0.3, -0.25) is 20.4 Å². The highest BCUT2D eigenvalue weighted by Gasteiger charge is 2.11. The zero-order valence-electron chi connectivity index (χ0n) is 10.6. The van der Waals surface area contributed by atoms with Crippen LogP contribution in [-0.2, 0) is 4.79 Å². The molecular formula is C13H10BrClN2O3S. The van der Waals surface area contributed by atoms with Crippen LogP contribution < -0.4 is 10.9 Å². The molecule has 0 atom stereocenters. The van der Waals surface area contributed by atoms with Gasteiger partial charge >= 0.3 is 5.91 Å². The second kappa shape index (κ2) is 7.53. The molecule has 1 aromatic heterocycles. The molecule has 2 rings (SSSR count). The quantitative estimate of drug-likeness (QED) is 0.622. The number of hydrogen-bond donors (Lipinski definition) is 2. The van der Waals surface area contributed by atoms with Crippen molar-refractivity contribution in [2.75, 3.05) is 5.75 Å². The number of thioether (sulfide) groups is 1. The molecule has 2 amide bonds. The van der Waals surface area contributed by atoms with Crippen LogP contribution in [-0.4, -0.2) is 17.6 Å². The molecule has 0 aliphatic heterocycles. The van der Waals surface area contributed by atoms with Gasteiger partial charge in [0, 0.05) is 9.92 Å². The standard InChI is InChI=1S/C13H10BrClN2O3S/c14-11-6-5-10(20-11)13(19)17-16-12(18)7-21-9-3-1-8(15)2-4-9/h1-6H,7H2,(H,16,18)(H,17,19). The van der Waals surface area contributed by atoms with Crippen molar-refractivity contribution in [3.05, 3.63) is 51.9 Å². The van der Waals surface area contributed by atoms with Gasteiger partial charge in [0.1, 0.15) is 0 Å². The van der Waals surface area contributed by atoms with Gasteiger partial charge in [0.2, 0.25) is 5.91 Å². The first-order valence-electron chi connectivity index (χ1n) is 5.77. The molecule has 0 unspecified atom stereocenters. The van der Waals surface area contributed by atoms with Crippen molar-refractivity contribution in [2.45, 2.75) is 4.90 Å². The van der Waals surface area contributed by atoms with Crippen LogP contribution in [0.4, 0.5) is 0 Å². The predicted molar refractivity (Wildman–Crippen MR) is 84.2 cm³/mol. The Labute approximate surface area is 138 Å². The molecule has 2 aromatic rings. The van der Waals surface area contributed by atoms with E-state index in [1.165, 1.54) is 17.8 Å². The third-order valence-corrected chi connectivity index (χ3v) is 3.99. The molecule has 0 fully saturated rings. The summed E-state index contributed by atoms with van der Waals surface area (Å²) in [6.07, 6.45) is 0. The van der Waals surface area contributed by atoms with Crippen LogP contribution in [0.5, 0.6) is 0 Å². The summed E-state index contributed by atoms with van der Waals surface area (Å²) in [5.74, 6) is -0.573. The van der Waals surface area contributed by atoms with Crippen LogP contribution in [0.15, 0.2) is 50.4 Å². The first kappa shape index (κ1) is 15.9. The van der Waals surface area contributed by atoms with Crippen LogP contribution in [0, 0.1) is 0 Å². The molecule has 8 heteroatoms. The van der Waals surface area contributed by atoms with Crippen molar-refractivity contribution in [3.63, 3.8) is 0 Å². The highest BCUT2D eigenvalue weighted by Crippen LogP contribution is 2.19. The van der Waals surface area contributed by atoms with E-state index in [9.17, 15) is 9.59 Å². The van der Waals surface area contributed by atoms with Crippen molar-refractivity contribution in [1.82, 2.24) is 10.9 Å². The summed E-state index contributed by atoms with van der Waals surface area (Å²) in [7, 11) is 0. The Bertz CT molecular complexity index is 645. The maximum atomic E-state index is 11.6. The number of furan rings is 1. The van der Waals surface area contributed by atoms with Crippen LogP contribution in [0.2, 0.25) is 5.02 Å². The summed E-state index contributed by atoms with van der Waals surface area (Å²) >= 11 is 10.2. The molecule has 0 aliphatic carbocycles. The van der Waals surface area contributed by atoms with Crippen molar-refractivity contribution < 1.29 is 14.0 Å². The molecule has 0 aliphatic rings. The van der Waals surface area contributed by atoms with E-state index < -0.39 is 5.91 Å². The topological polar surface area (TPSA) is 71.3 Å². The Morgan fingerprint density at radius 1 is 1.14 bits per heavy atom. The van der Waals surface area contributed by atoms with E-state index in [0.29, 0.717) is 9.69 Å². The number of benzene rings is 1. The number of carbonyl (C=O) groups excluding carboxylic acids is 2. The maximum Gasteiger partial charge on any atom is 0.305 e. The van der Waals surface area contributed by atoms with Gasteiger partial charge in [0.15, 0.2) is 10.4 Å². The number of amides is 2. The summed E-state index contributed by atoms with van der Waals surface area (Å²) in [4.78, 5) is 24.1. The van der Waals surface area contributed by atoms with E-state index in [0.717, 1.165) is 4.90 Å². The lowest BCUT2D eigenvalue weighted by Crippen LogP contribution is -2.42. The van der Waals surface area contributed by atoms with E-state index in [2.05, 4.69) is 26.8 Å². The lowest BCUT2D eigenvalue weighted by Gasteiger charge is -2.05. The third kappa shape index (κ3) is 5.11. The maximum absolute atomic E-state index is 11.6. The van der Waals surface area contributed by atoms with Crippen molar-refractivity contribution in [3.8, 4) is 0 Å². The first-order valence-corrected chi connectivity index (χ1v) is 7.93. The molecule has 0 saturated carbocycles. The van der Waals surface area contributed by atoms with Gasteiger partial charge in [-0.25, -0.2) is 0 Å². The number of nitrogens with one attached hydrogen (secondary N) is 2. The van der Waals surface area contributed by atoms with E-state index in [-0.39, 0.29) is 17.4 Å². The molecule has 5 nitrogen and oxygen atoms in total. The fourth-order valence-electron chi connectivity index (χ4n) is 1.34. The molecule has 110 valence electrons.